The molecule has 0 bridgehead atoms. The van der Waals surface area contributed by atoms with E-state index in [-0.39, 0.29) is 11.8 Å². The van der Waals surface area contributed by atoms with Gasteiger partial charge in [-0.05, 0) is 36.2 Å². The van der Waals surface area contributed by atoms with Gasteiger partial charge in [0, 0.05) is 16.4 Å². The van der Waals surface area contributed by atoms with Gasteiger partial charge in [0.25, 0.3) is 11.8 Å². The van der Waals surface area contributed by atoms with Crippen LogP contribution in [0.3, 0.4) is 0 Å². The maximum Gasteiger partial charge on any atom is 0.279 e. The van der Waals surface area contributed by atoms with Gasteiger partial charge >= 0.3 is 0 Å². The van der Waals surface area contributed by atoms with E-state index in [2.05, 4.69) is 17.6 Å². The molecule has 0 saturated carbocycles. The molecule has 29 heavy (non-hydrogen) atoms. The van der Waals surface area contributed by atoms with Crippen molar-refractivity contribution in [2.45, 2.75) is 13.3 Å². The molecule has 154 valence electrons. The topological polar surface area (TPSA) is 67.1 Å². The highest BCUT2D eigenvalue weighted by molar-refractivity contribution is 6.30. The Labute approximate surface area is 176 Å². The van der Waals surface area contributed by atoms with Crippen LogP contribution in [0.1, 0.15) is 12.5 Å². The zero-order chi connectivity index (χ0) is 20.6. The van der Waals surface area contributed by atoms with Crippen LogP contribution >= 0.6 is 11.6 Å². The molecular formula is C22H29ClN4O2+2. The average molecular weight is 417 g/mol. The highest BCUT2D eigenvalue weighted by Gasteiger charge is 2.26. The van der Waals surface area contributed by atoms with E-state index in [1.165, 1.54) is 9.80 Å². The van der Waals surface area contributed by atoms with E-state index in [9.17, 15) is 9.59 Å². The summed E-state index contributed by atoms with van der Waals surface area (Å²) in [6.07, 6.45) is 0.891. The van der Waals surface area contributed by atoms with Crippen LogP contribution < -0.4 is 20.4 Å². The highest BCUT2D eigenvalue weighted by atomic mass is 35.5. The van der Waals surface area contributed by atoms with Gasteiger partial charge < -0.3 is 20.4 Å². The number of benzene rings is 2. The molecule has 4 N–H and O–H groups in total. The maximum absolute atomic E-state index is 12.4. The number of amides is 2. The molecule has 0 aliphatic carbocycles. The second-order valence-corrected chi connectivity index (χ2v) is 7.91. The van der Waals surface area contributed by atoms with Crippen molar-refractivity contribution < 1.29 is 19.4 Å². The van der Waals surface area contributed by atoms with Gasteiger partial charge in [-0.1, -0.05) is 42.8 Å². The van der Waals surface area contributed by atoms with Gasteiger partial charge in [0.1, 0.15) is 26.2 Å². The van der Waals surface area contributed by atoms with Crippen molar-refractivity contribution in [2.75, 3.05) is 49.9 Å². The largest absolute Gasteiger partial charge is 0.321 e. The van der Waals surface area contributed by atoms with Crippen molar-refractivity contribution in [2.24, 2.45) is 0 Å². The summed E-state index contributed by atoms with van der Waals surface area (Å²) < 4.78 is 0. The molecule has 1 aliphatic heterocycles. The summed E-state index contributed by atoms with van der Waals surface area (Å²) in [4.78, 5) is 27.2. The minimum absolute atomic E-state index is 0.0142. The lowest BCUT2D eigenvalue weighted by atomic mass is 10.1. The molecule has 7 heteroatoms. The molecule has 2 aromatic carbocycles. The number of para-hydroxylation sites is 1. The zero-order valence-corrected chi connectivity index (χ0v) is 17.5. The highest BCUT2D eigenvalue weighted by Crippen LogP contribution is 2.15. The van der Waals surface area contributed by atoms with Crippen LogP contribution in [0.4, 0.5) is 11.4 Å². The number of carbonyl (C=O) groups excluding carboxylic acids is 2. The first-order valence-corrected chi connectivity index (χ1v) is 10.5. The quantitative estimate of drug-likeness (QED) is 0.523. The number of piperazine rings is 1. The molecule has 3 rings (SSSR count). The SMILES string of the molecule is CCc1ccccc1NC(=O)C[NH+]1CC[NH+](CC(=O)Nc2cccc(Cl)c2)CC1. The number of rotatable bonds is 7. The summed E-state index contributed by atoms with van der Waals surface area (Å²) in [5, 5.41) is 6.54. The first-order valence-electron chi connectivity index (χ1n) is 10.1. The summed E-state index contributed by atoms with van der Waals surface area (Å²) in [5.41, 5.74) is 2.77. The average Bonchev–Trinajstić information content (AvgIpc) is 2.70. The van der Waals surface area contributed by atoms with E-state index in [1.807, 2.05) is 36.4 Å². The van der Waals surface area contributed by atoms with Crippen LogP contribution in [0.5, 0.6) is 0 Å². The van der Waals surface area contributed by atoms with E-state index in [0.29, 0.717) is 18.1 Å². The lowest BCUT2D eigenvalue weighted by Crippen LogP contribution is -3.28. The monoisotopic (exact) mass is 416 g/mol. The second-order valence-electron chi connectivity index (χ2n) is 7.47. The number of hydrogen-bond donors (Lipinski definition) is 4. The summed E-state index contributed by atoms with van der Waals surface area (Å²) >= 11 is 5.95. The van der Waals surface area contributed by atoms with Gasteiger partial charge in [-0.25, -0.2) is 0 Å². The van der Waals surface area contributed by atoms with Crippen molar-refractivity contribution in [3.63, 3.8) is 0 Å². The molecule has 0 radical (unpaired) electrons. The number of halogens is 1. The maximum atomic E-state index is 12.4. The smallest absolute Gasteiger partial charge is 0.279 e. The third-order valence-electron chi connectivity index (χ3n) is 5.27. The molecule has 0 atom stereocenters. The van der Waals surface area contributed by atoms with Crippen molar-refractivity contribution in [1.29, 1.82) is 0 Å². The molecular weight excluding hydrogens is 388 g/mol. The Morgan fingerprint density at radius 3 is 2.14 bits per heavy atom. The van der Waals surface area contributed by atoms with Crippen molar-refractivity contribution in [1.82, 2.24) is 0 Å². The van der Waals surface area contributed by atoms with Crippen LogP contribution in [-0.4, -0.2) is 51.1 Å². The lowest BCUT2D eigenvalue weighted by molar-refractivity contribution is -1.00. The van der Waals surface area contributed by atoms with Crippen molar-refractivity contribution >= 4 is 34.8 Å². The predicted octanol–water partition coefficient (Wildman–Crippen LogP) is 0.263. The molecule has 6 nitrogen and oxygen atoms in total. The van der Waals surface area contributed by atoms with E-state index in [4.69, 9.17) is 11.6 Å². The Hall–Kier alpha value is -2.41. The number of hydrogen-bond acceptors (Lipinski definition) is 2. The number of nitrogens with one attached hydrogen (secondary N) is 4. The summed E-state index contributed by atoms with van der Waals surface area (Å²) in [5.74, 6) is 0.0303. The number of quaternary nitrogens is 2. The van der Waals surface area contributed by atoms with Crippen molar-refractivity contribution in [3.05, 3.63) is 59.1 Å². The van der Waals surface area contributed by atoms with Gasteiger partial charge in [0.15, 0.2) is 13.1 Å². The molecule has 1 fully saturated rings. The molecule has 0 spiro atoms. The summed E-state index contributed by atoms with van der Waals surface area (Å²) in [6.45, 7) is 6.47. The van der Waals surface area contributed by atoms with Crippen LogP contribution in [0.2, 0.25) is 5.02 Å². The first kappa shape index (κ1) is 21.3. The Morgan fingerprint density at radius 1 is 0.897 bits per heavy atom. The zero-order valence-electron chi connectivity index (χ0n) is 16.8. The van der Waals surface area contributed by atoms with Crippen LogP contribution in [0, 0.1) is 0 Å². The van der Waals surface area contributed by atoms with Gasteiger partial charge in [-0.2, -0.15) is 0 Å². The molecule has 2 aromatic rings. The Kier molecular flexibility index (Phi) is 7.63. The normalized spacial score (nSPS) is 18.8. The molecule has 0 unspecified atom stereocenters. The fourth-order valence-electron chi connectivity index (χ4n) is 3.68. The number of anilines is 2. The van der Waals surface area contributed by atoms with Crippen LogP contribution in [0.15, 0.2) is 48.5 Å². The minimum Gasteiger partial charge on any atom is -0.321 e. The van der Waals surface area contributed by atoms with Crippen LogP contribution in [-0.2, 0) is 16.0 Å². The first-order chi connectivity index (χ1) is 14.0. The summed E-state index contributed by atoms with van der Waals surface area (Å²) in [7, 11) is 0. The predicted molar refractivity (Wildman–Crippen MR) is 116 cm³/mol. The molecule has 2 amide bonds. The molecule has 1 saturated heterocycles. The van der Waals surface area contributed by atoms with Crippen LogP contribution in [0.25, 0.3) is 0 Å². The summed E-state index contributed by atoms with van der Waals surface area (Å²) in [6, 6.07) is 15.1. The second kappa shape index (κ2) is 10.4. The van der Waals surface area contributed by atoms with E-state index in [0.717, 1.165) is 49.5 Å². The van der Waals surface area contributed by atoms with Gasteiger partial charge in [0.2, 0.25) is 0 Å². The lowest BCUT2D eigenvalue weighted by Gasteiger charge is -2.29. The number of carbonyl (C=O) groups is 2. The van der Waals surface area contributed by atoms with E-state index in [1.54, 1.807) is 12.1 Å². The Bertz CT molecular complexity index is 850. The standard InChI is InChI=1S/C22H27ClN4O2/c1-2-17-6-3-4-9-20(17)25-22(29)16-27-12-10-26(11-13-27)15-21(28)24-19-8-5-7-18(23)14-19/h3-9,14H,2,10-13,15-16H2,1H3,(H,24,28)(H,25,29)/p+2. The fourth-order valence-corrected chi connectivity index (χ4v) is 3.87. The Balaban J connectivity index is 1.41. The van der Waals surface area contributed by atoms with Crippen molar-refractivity contribution in [3.8, 4) is 0 Å². The van der Waals surface area contributed by atoms with E-state index >= 15 is 0 Å². The molecule has 1 heterocycles. The molecule has 0 aromatic heterocycles. The van der Waals surface area contributed by atoms with E-state index < -0.39 is 0 Å². The fraction of sp³-hybridized carbons (Fsp3) is 0.364. The van der Waals surface area contributed by atoms with Gasteiger partial charge in [-0.15, -0.1) is 0 Å². The van der Waals surface area contributed by atoms with Gasteiger partial charge in [-0.3, -0.25) is 9.59 Å². The number of aryl methyl sites for hydroxylation is 1. The third-order valence-corrected chi connectivity index (χ3v) is 5.50. The Morgan fingerprint density at radius 2 is 1.52 bits per heavy atom. The molecule has 1 aliphatic rings. The minimum atomic E-state index is -0.0142. The third kappa shape index (κ3) is 6.56. The van der Waals surface area contributed by atoms with Gasteiger partial charge in [0.05, 0.1) is 0 Å².